The average molecular weight is 1320 g/mol. The van der Waals surface area contributed by atoms with Crippen molar-refractivity contribution < 1.29 is 67.9 Å². The zero-order valence-corrected chi connectivity index (χ0v) is 52.7. The summed E-state index contributed by atoms with van der Waals surface area (Å²) in [5.74, 6) is 0.497. The molecule has 0 aliphatic heterocycles. The second kappa shape index (κ2) is 44.0. The summed E-state index contributed by atoms with van der Waals surface area (Å²) in [5.41, 5.74) is 3.47. The van der Waals surface area contributed by atoms with E-state index in [2.05, 4.69) is 66.1 Å². The van der Waals surface area contributed by atoms with Crippen LogP contribution in [0.25, 0.3) is 45.6 Å². The van der Waals surface area contributed by atoms with Crippen molar-refractivity contribution in [3.63, 3.8) is 0 Å². The fraction of sp³-hybridized carbons (Fsp3) is 0.241. The molecule has 8 rings (SSSR count). The zero-order valence-electron chi connectivity index (χ0n) is 48.1. The Morgan fingerprint density at radius 2 is 0.919 bits per heavy atom. The van der Waals surface area contributed by atoms with Gasteiger partial charge in [-0.3, -0.25) is 5.10 Å². The van der Waals surface area contributed by atoms with Gasteiger partial charge in [-0.2, -0.15) is 20.4 Å². The van der Waals surface area contributed by atoms with E-state index in [9.17, 15) is 19.2 Å². The number of aliphatic hydroxyl groups excluding tert-OH is 1. The fourth-order valence-corrected chi connectivity index (χ4v) is 6.92. The summed E-state index contributed by atoms with van der Waals surface area (Å²) in [6, 6.07) is 29.4. The first-order valence-electron chi connectivity index (χ1n) is 25.5. The number of allylic oxidation sites excluding steroid dienone is 4. The largest absolute Gasteiger partial charge is 1.00 e. The molecule has 86 heavy (non-hydrogen) atoms. The van der Waals surface area contributed by atoms with Crippen LogP contribution in [0.5, 0.6) is 0 Å². The molecule has 0 aliphatic rings. The molecule has 8 aromatic rings. The minimum Gasteiger partial charge on any atom is -0.870 e. The van der Waals surface area contributed by atoms with Gasteiger partial charge in [0.2, 0.25) is 0 Å². The number of aromatic nitrogens is 12. The third-order valence-corrected chi connectivity index (χ3v) is 10.6. The van der Waals surface area contributed by atoms with Gasteiger partial charge in [0.05, 0.1) is 39.0 Å². The quantitative estimate of drug-likeness (QED) is 0.0237. The molecule has 4 aromatic carbocycles. The van der Waals surface area contributed by atoms with Crippen LogP contribution in [-0.4, -0.2) is 130 Å². The maximum atomic E-state index is 11.3. The number of ether oxygens (including phenoxy) is 3. The standard InChI is InChI=1S/C15H16ClN3O2.C14H14ClN3O2.C12H10ClN3O2.C8H6ClN3.C6H9BrO2.C3H8O.Li.H2O/c1-11(2)21-14(20)7-4-8-19-10-17-15(18-19)12-5-3-6-13(16)9-12;1-2-20-13(19)7-4-8-18-10-16-14(17-18)11-5-3-6-12(15)9-11;13-10-4-1-3-9(7-10)12-14-8-16(15-12)6-2-5-11(17)18;9-7-3-1-2-6(4-7)8-10-5-11-12-8;1-2-9-6(8)4-3-5-7;1-3(2)4;;/h3-7,9-11H,8H2,1-2H3;3-7,9-10H,2,8H2,1H3;1-5,7-8H,6H2,(H,17,18);1-5H,(H,10,11,12);3-4H,2,5H2,1H3;3-4H,1-2H3;;1H2/q;;;;;;+1;/p-1/b2*7-4+;5-2+;;4-3+;;;. The minimum atomic E-state index is -0.981. The Kier molecular flexibility index (Phi) is 39.1. The number of benzene rings is 4. The van der Waals surface area contributed by atoms with Gasteiger partial charge in [-0.1, -0.05) is 135 Å². The molecule has 0 bridgehead atoms. The average Bonchev–Trinajstić information content (AvgIpc) is 4.45. The summed E-state index contributed by atoms with van der Waals surface area (Å²) in [5, 5.41) is 39.2. The molecule has 4 heterocycles. The number of esters is 3. The summed E-state index contributed by atoms with van der Waals surface area (Å²) >= 11 is 26.7. The summed E-state index contributed by atoms with van der Waals surface area (Å²) in [6.07, 6.45) is 17.7. The molecule has 0 fully saturated rings. The van der Waals surface area contributed by atoms with E-state index in [1.165, 1.54) is 30.6 Å². The van der Waals surface area contributed by atoms with Gasteiger partial charge in [0, 0.05) is 78.1 Å². The van der Waals surface area contributed by atoms with Crippen LogP contribution in [0.3, 0.4) is 0 Å². The Bertz CT molecular complexity index is 3370. The van der Waals surface area contributed by atoms with E-state index in [0.29, 0.717) is 75.7 Å². The van der Waals surface area contributed by atoms with Crippen LogP contribution in [0.4, 0.5) is 0 Å². The van der Waals surface area contributed by atoms with Crippen molar-refractivity contribution in [2.75, 3.05) is 18.5 Å². The monoisotopic (exact) mass is 1310 g/mol. The summed E-state index contributed by atoms with van der Waals surface area (Å²) in [7, 11) is 0. The van der Waals surface area contributed by atoms with Gasteiger partial charge in [0.25, 0.3) is 0 Å². The first-order valence-corrected chi connectivity index (χ1v) is 28.2. The van der Waals surface area contributed by atoms with E-state index in [-0.39, 0.29) is 54.5 Å². The Morgan fingerprint density at radius 1 is 0.570 bits per heavy atom. The fourth-order valence-electron chi connectivity index (χ4n) is 5.98. The molecule has 0 saturated carbocycles. The number of halogens is 5. The first-order chi connectivity index (χ1) is 40.3. The Morgan fingerprint density at radius 3 is 1.24 bits per heavy atom. The SMILES string of the molecule is CC(C)O.CC(C)OC(=O)/C=C/Cn1cnc(-c2cccc(Cl)c2)n1.CCOC(=O)/C=C/CBr.CCOC(=O)/C=C/Cn1cnc(-c2cccc(Cl)c2)n1.Clc1cccc(-c2ncn[nH]2)c1.O=C(O)/C=C/Cn1cnc(-c2cccc(Cl)c2)n1.[Li+].[OH-]. The molecule has 0 amide bonds. The predicted octanol–water partition coefficient (Wildman–Crippen LogP) is 8.90. The maximum absolute atomic E-state index is 11.3. The van der Waals surface area contributed by atoms with Crippen molar-refractivity contribution >= 4 is 86.2 Å². The summed E-state index contributed by atoms with van der Waals surface area (Å²) in [6.45, 7) is 12.7. The van der Waals surface area contributed by atoms with Crippen molar-refractivity contribution in [2.24, 2.45) is 0 Å². The van der Waals surface area contributed by atoms with Crippen LogP contribution >= 0.6 is 62.3 Å². The van der Waals surface area contributed by atoms with Crippen LogP contribution < -0.4 is 18.9 Å². The van der Waals surface area contributed by atoms with Crippen LogP contribution in [0.2, 0.25) is 20.1 Å². The number of carbonyl (C=O) groups is 4. The number of aromatic amines is 1. The van der Waals surface area contributed by atoms with Crippen molar-refractivity contribution in [3.8, 4) is 45.6 Å². The van der Waals surface area contributed by atoms with Gasteiger partial charge in [-0.25, -0.2) is 53.2 Å². The first kappa shape index (κ1) is 76.5. The number of carboxylic acid groups (broad SMARTS) is 1. The molecule has 0 saturated heterocycles. The van der Waals surface area contributed by atoms with Crippen LogP contribution in [-0.2, 0) is 53.0 Å². The summed E-state index contributed by atoms with van der Waals surface area (Å²) < 4.78 is 19.2. The summed E-state index contributed by atoms with van der Waals surface area (Å²) in [4.78, 5) is 59.8. The van der Waals surface area contributed by atoms with E-state index in [0.717, 1.165) is 34.2 Å². The maximum Gasteiger partial charge on any atom is 1.00 e. The normalized spacial score (nSPS) is 10.4. The van der Waals surface area contributed by atoms with Gasteiger partial charge in [-0.15, -0.1) is 0 Å². The molecule has 28 heteroatoms. The second-order valence-corrected chi connectivity index (χ2v) is 19.3. The Balaban J connectivity index is 0.000000538. The molecular formula is C58H64BrCl4LiN12O10. The van der Waals surface area contributed by atoms with E-state index in [1.54, 1.807) is 129 Å². The van der Waals surface area contributed by atoms with Crippen LogP contribution in [0.1, 0.15) is 41.5 Å². The minimum absolute atomic E-state index is 0. The molecule has 0 radical (unpaired) electrons. The number of aliphatic hydroxyl groups is 1. The van der Waals surface area contributed by atoms with Gasteiger partial charge in [0.1, 0.15) is 25.3 Å². The van der Waals surface area contributed by atoms with E-state index in [1.807, 2.05) is 60.7 Å². The number of alkyl halides is 1. The van der Waals surface area contributed by atoms with Crippen LogP contribution in [0, 0.1) is 0 Å². The van der Waals surface area contributed by atoms with Crippen molar-refractivity contribution in [1.82, 2.24) is 59.5 Å². The smallest absolute Gasteiger partial charge is 0.870 e. The van der Waals surface area contributed by atoms with Crippen molar-refractivity contribution in [2.45, 2.75) is 73.4 Å². The molecule has 0 spiro atoms. The molecule has 0 unspecified atom stereocenters. The van der Waals surface area contributed by atoms with Gasteiger partial charge >= 0.3 is 42.7 Å². The number of H-pyrrole nitrogens is 1. The molecule has 0 atom stereocenters. The zero-order chi connectivity index (χ0) is 61.7. The van der Waals surface area contributed by atoms with E-state index >= 15 is 0 Å². The number of hydrogen-bond donors (Lipinski definition) is 3. The number of rotatable bonds is 18. The number of nitrogens with zero attached hydrogens (tertiary/aromatic N) is 11. The number of carboxylic acids is 1. The van der Waals surface area contributed by atoms with E-state index < -0.39 is 5.97 Å². The third-order valence-electron chi connectivity index (χ3n) is 9.28. The number of hydrogen-bond acceptors (Lipinski definition) is 17. The van der Waals surface area contributed by atoms with Crippen LogP contribution in [0.15, 0.2) is 171 Å². The topological polar surface area (TPSA) is 300 Å². The number of nitrogens with one attached hydrogen (secondary N) is 1. The van der Waals surface area contributed by atoms with Crippen molar-refractivity contribution in [3.05, 3.63) is 191 Å². The molecule has 4 N–H and O–H groups in total. The Hall–Kier alpha value is -7.56. The molecule has 4 aromatic heterocycles. The molecule has 22 nitrogen and oxygen atoms in total. The van der Waals surface area contributed by atoms with Gasteiger partial charge in [-0.05, 0) is 90.1 Å². The Labute approximate surface area is 538 Å². The number of carbonyl (C=O) groups excluding carboxylic acids is 3. The van der Waals surface area contributed by atoms with Crippen molar-refractivity contribution in [1.29, 1.82) is 0 Å². The molecular weight excluding hydrogens is 1250 g/mol. The second-order valence-electron chi connectivity index (χ2n) is 16.9. The van der Waals surface area contributed by atoms with Gasteiger partial charge in [0.15, 0.2) is 23.3 Å². The third kappa shape index (κ3) is 33.2. The molecule has 0 aliphatic carbocycles. The predicted molar refractivity (Wildman–Crippen MR) is 330 cm³/mol. The van der Waals surface area contributed by atoms with Gasteiger partial charge < -0.3 is 29.9 Å². The number of aliphatic carboxylic acids is 1. The van der Waals surface area contributed by atoms with E-state index in [4.69, 9.17) is 66.1 Å². The molecule has 452 valence electrons.